The van der Waals surface area contributed by atoms with Crippen LogP contribution in [0.5, 0.6) is 5.75 Å². The minimum absolute atomic E-state index is 0.255. The largest absolute Gasteiger partial charge is 0.508 e. The first-order valence-corrected chi connectivity index (χ1v) is 6.31. The summed E-state index contributed by atoms with van der Waals surface area (Å²) in [7, 11) is 0. The van der Waals surface area contributed by atoms with Gasteiger partial charge in [-0.15, -0.1) is 11.3 Å². The Morgan fingerprint density at radius 3 is 2.81 bits per heavy atom. The molecule has 2 aromatic heterocycles. The van der Waals surface area contributed by atoms with E-state index in [1.165, 1.54) is 0 Å². The van der Waals surface area contributed by atoms with Crippen LogP contribution in [0.15, 0.2) is 44.8 Å². The maximum absolute atomic E-state index is 9.48. The molecule has 3 aromatic rings. The van der Waals surface area contributed by atoms with Crippen molar-refractivity contribution in [2.24, 2.45) is 0 Å². The number of rotatable bonds is 1. The number of benzene rings is 1. The lowest BCUT2D eigenvalue weighted by atomic mass is 10.1. The van der Waals surface area contributed by atoms with Gasteiger partial charge in [-0.1, -0.05) is 0 Å². The molecule has 0 unspecified atom stereocenters. The molecule has 1 aromatic carbocycles. The van der Waals surface area contributed by atoms with Crippen LogP contribution < -0.4 is 0 Å². The normalized spacial score (nSPS) is 11.1. The van der Waals surface area contributed by atoms with Crippen LogP contribution in [0.25, 0.3) is 21.4 Å². The van der Waals surface area contributed by atoms with Crippen LogP contribution in [-0.2, 0) is 0 Å². The lowest BCUT2D eigenvalue weighted by Crippen LogP contribution is -1.69. The van der Waals surface area contributed by atoms with E-state index < -0.39 is 0 Å². The summed E-state index contributed by atoms with van der Waals surface area (Å²) in [6.07, 6.45) is 1.72. The van der Waals surface area contributed by atoms with Crippen molar-refractivity contribution in [2.45, 2.75) is 0 Å². The zero-order chi connectivity index (χ0) is 11.1. The van der Waals surface area contributed by atoms with E-state index >= 15 is 0 Å². The molecule has 0 fully saturated rings. The summed E-state index contributed by atoms with van der Waals surface area (Å²) in [5.74, 6) is 0.255. The highest BCUT2D eigenvalue weighted by Gasteiger charge is 2.10. The van der Waals surface area contributed by atoms with E-state index in [4.69, 9.17) is 4.42 Å². The van der Waals surface area contributed by atoms with Crippen LogP contribution in [0.2, 0.25) is 0 Å². The Kier molecular flexibility index (Phi) is 2.26. The second-order valence-corrected chi connectivity index (χ2v) is 5.90. The van der Waals surface area contributed by atoms with Crippen LogP contribution in [0.1, 0.15) is 0 Å². The van der Waals surface area contributed by atoms with Crippen molar-refractivity contribution in [2.75, 3.05) is 0 Å². The van der Waals surface area contributed by atoms with E-state index in [0.717, 1.165) is 25.2 Å². The second-order valence-electron chi connectivity index (χ2n) is 3.43. The number of hydrogen-bond acceptors (Lipinski definition) is 3. The Balaban J connectivity index is 2.27. The molecule has 0 aliphatic heterocycles. The summed E-state index contributed by atoms with van der Waals surface area (Å²) in [6.45, 7) is 0. The van der Waals surface area contributed by atoms with E-state index in [9.17, 15) is 5.11 Å². The van der Waals surface area contributed by atoms with E-state index in [1.54, 1.807) is 35.8 Å². The van der Waals surface area contributed by atoms with Crippen molar-refractivity contribution in [3.05, 3.63) is 40.4 Å². The number of phenols is 1. The maximum atomic E-state index is 9.48. The number of aromatic hydroxyl groups is 1. The van der Waals surface area contributed by atoms with Gasteiger partial charge in [0.2, 0.25) is 0 Å². The standard InChI is InChI=1S/C12H7BrO2S/c13-12-4-3-11(16-12)9-6-15-10-2-1-7(14)5-8(9)10/h1-6,14H. The summed E-state index contributed by atoms with van der Waals surface area (Å²) in [5.41, 5.74) is 1.80. The van der Waals surface area contributed by atoms with Gasteiger partial charge in [0.15, 0.2) is 0 Å². The third-order valence-electron chi connectivity index (χ3n) is 2.40. The fourth-order valence-electron chi connectivity index (χ4n) is 1.67. The molecule has 4 heteroatoms. The molecule has 0 radical (unpaired) electrons. The Bertz CT molecular complexity index is 654. The van der Waals surface area contributed by atoms with Crippen molar-refractivity contribution in [1.29, 1.82) is 0 Å². The van der Waals surface area contributed by atoms with Crippen molar-refractivity contribution in [3.8, 4) is 16.2 Å². The predicted octanol–water partition coefficient (Wildman–Crippen LogP) is 4.63. The Morgan fingerprint density at radius 2 is 2.06 bits per heavy atom. The highest BCUT2D eigenvalue weighted by Crippen LogP contribution is 2.37. The Labute approximate surface area is 104 Å². The molecule has 3 rings (SSSR count). The number of thiophene rings is 1. The first-order chi connectivity index (χ1) is 7.74. The van der Waals surface area contributed by atoms with Gasteiger partial charge < -0.3 is 9.52 Å². The molecule has 2 heterocycles. The number of hydrogen-bond donors (Lipinski definition) is 1. The monoisotopic (exact) mass is 294 g/mol. The third kappa shape index (κ3) is 1.54. The quantitative estimate of drug-likeness (QED) is 0.710. The van der Waals surface area contributed by atoms with Crippen molar-refractivity contribution in [1.82, 2.24) is 0 Å². The molecule has 0 aliphatic rings. The molecule has 0 saturated carbocycles. The number of phenolic OH excluding ortho intramolecular Hbond substituents is 1. The van der Waals surface area contributed by atoms with Crippen LogP contribution >= 0.6 is 27.3 Å². The zero-order valence-corrected chi connectivity index (χ0v) is 10.5. The van der Waals surface area contributed by atoms with Crippen LogP contribution in [0, 0.1) is 0 Å². The Morgan fingerprint density at radius 1 is 1.19 bits per heavy atom. The lowest BCUT2D eigenvalue weighted by Gasteiger charge is -1.94. The molecule has 16 heavy (non-hydrogen) atoms. The van der Waals surface area contributed by atoms with E-state index in [0.29, 0.717) is 0 Å². The molecule has 0 aliphatic carbocycles. The molecule has 1 N–H and O–H groups in total. The second kappa shape index (κ2) is 3.64. The average Bonchev–Trinajstić information content (AvgIpc) is 2.83. The molecular weight excluding hydrogens is 288 g/mol. The fourth-order valence-corrected chi connectivity index (χ4v) is 3.07. The van der Waals surface area contributed by atoms with Crippen LogP contribution in [0.3, 0.4) is 0 Å². The van der Waals surface area contributed by atoms with Crippen molar-refractivity contribution < 1.29 is 9.52 Å². The summed E-state index contributed by atoms with van der Waals surface area (Å²) < 4.78 is 6.53. The molecule has 0 amide bonds. The lowest BCUT2D eigenvalue weighted by molar-refractivity contribution is 0.476. The highest BCUT2D eigenvalue weighted by atomic mass is 79.9. The van der Waals surface area contributed by atoms with Gasteiger partial charge in [-0.25, -0.2) is 0 Å². The summed E-state index contributed by atoms with van der Waals surface area (Å²) in [5, 5.41) is 10.4. The van der Waals surface area contributed by atoms with Crippen molar-refractivity contribution >= 4 is 38.2 Å². The molecule has 0 spiro atoms. The van der Waals surface area contributed by atoms with Gasteiger partial charge in [0, 0.05) is 15.8 Å². The number of furan rings is 1. The van der Waals surface area contributed by atoms with Crippen molar-refractivity contribution in [3.63, 3.8) is 0 Å². The summed E-state index contributed by atoms with van der Waals surface area (Å²) >= 11 is 5.08. The third-order valence-corrected chi connectivity index (χ3v) is 4.05. The molecule has 0 atom stereocenters. The van der Waals surface area contributed by atoms with E-state index in [-0.39, 0.29) is 5.75 Å². The van der Waals surface area contributed by atoms with Crippen LogP contribution in [-0.4, -0.2) is 5.11 Å². The first kappa shape index (κ1) is 9.93. The minimum Gasteiger partial charge on any atom is -0.508 e. The predicted molar refractivity (Wildman–Crippen MR) is 68.9 cm³/mol. The van der Waals surface area contributed by atoms with Gasteiger partial charge in [0.1, 0.15) is 17.6 Å². The molecule has 0 saturated heterocycles. The Hall–Kier alpha value is -1.26. The number of fused-ring (bicyclic) bond motifs is 1. The smallest absolute Gasteiger partial charge is 0.134 e. The molecule has 80 valence electrons. The molecular formula is C12H7BrO2S. The van der Waals surface area contributed by atoms with E-state index in [1.807, 2.05) is 12.1 Å². The summed E-state index contributed by atoms with van der Waals surface area (Å²) in [6, 6.07) is 9.16. The van der Waals surface area contributed by atoms with Gasteiger partial charge in [-0.05, 0) is 46.3 Å². The van der Waals surface area contributed by atoms with Gasteiger partial charge in [-0.2, -0.15) is 0 Å². The topological polar surface area (TPSA) is 33.4 Å². The molecule has 2 nitrogen and oxygen atoms in total. The SMILES string of the molecule is Oc1ccc2occ(-c3ccc(Br)s3)c2c1. The van der Waals surface area contributed by atoms with Gasteiger partial charge in [-0.3, -0.25) is 0 Å². The molecule has 0 bridgehead atoms. The maximum Gasteiger partial charge on any atom is 0.134 e. The minimum atomic E-state index is 0.255. The van der Waals surface area contributed by atoms with E-state index in [2.05, 4.69) is 15.9 Å². The van der Waals surface area contributed by atoms with Crippen LogP contribution in [0.4, 0.5) is 0 Å². The zero-order valence-electron chi connectivity index (χ0n) is 8.11. The first-order valence-electron chi connectivity index (χ1n) is 4.70. The van der Waals surface area contributed by atoms with Gasteiger partial charge >= 0.3 is 0 Å². The van der Waals surface area contributed by atoms with Gasteiger partial charge in [0.05, 0.1) is 3.79 Å². The highest BCUT2D eigenvalue weighted by molar-refractivity contribution is 9.11. The average molecular weight is 295 g/mol. The summed E-state index contributed by atoms with van der Waals surface area (Å²) in [4.78, 5) is 1.12. The fraction of sp³-hybridized carbons (Fsp3) is 0. The number of halogens is 1. The van der Waals surface area contributed by atoms with Gasteiger partial charge in [0.25, 0.3) is 0 Å².